The minimum atomic E-state index is -0.428. The van der Waals surface area contributed by atoms with Gasteiger partial charge in [0.2, 0.25) is 0 Å². The Balaban J connectivity index is 1.83. The summed E-state index contributed by atoms with van der Waals surface area (Å²) in [6, 6.07) is 16.4. The number of nitrogens with one attached hydrogen (secondary N) is 1. The van der Waals surface area contributed by atoms with Crippen LogP contribution in [0.25, 0.3) is 22.1 Å². The summed E-state index contributed by atoms with van der Waals surface area (Å²) in [7, 11) is 0. The number of rotatable bonds is 6. The summed E-state index contributed by atoms with van der Waals surface area (Å²) in [5.74, 6) is 0.675. The summed E-state index contributed by atoms with van der Waals surface area (Å²) in [5.41, 5.74) is 1.74. The van der Waals surface area contributed by atoms with Gasteiger partial charge >= 0.3 is 5.63 Å². The second kappa shape index (κ2) is 7.87. The molecule has 0 radical (unpaired) electrons. The molecule has 0 atom stereocenters. The first-order valence-electron chi connectivity index (χ1n) is 8.56. The van der Waals surface area contributed by atoms with Gasteiger partial charge in [0.1, 0.15) is 11.3 Å². The average molecular weight is 351 g/mol. The Morgan fingerprint density at radius 2 is 1.88 bits per heavy atom. The van der Waals surface area contributed by atoms with E-state index in [-0.39, 0.29) is 12.5 Å². The Morgan fingerprint density at radius 3 is 2.62 bits per heavy atom. The SMILES string of the molecule is CC(C)CNC(=O)COc1ccc2c(-c3ccccc3)cc(=O)oc2c1. The van der Waals surface area contributed by atoms with Crippen LogP contribution in [0.4, 0.5) is 0 Å². The van der Waals surface area contributed by atoms with Crippen LogP contribution in [-0.2, 0) is 4.79 Å². The van der Waals surface area contributed by atoms with E-state index in [1.54, 1.807) is 12.1 Å². The van der Waals surface area contributed by atoms with E-state index in [0.717, 1.165) is 16.5 Å². The largest absolute Gasteiger partial charge is 0.484 e. The number of hydrogen-bond donors (Lipinski definition) is 1. The Bertz CT molecular complexity index is 961. The Hall–Kier alpha value is -3.08. The number of amides is 1. The van der Waals surface area contributed by atoms with Crippen LogP contribution in [0.5, 0.6) is 5.75 Å². The molecular weight excluding hydrogens is 330 g/mol. The van der Waals surface area contributed by atoms with Gasteiger partial charge < -0.3 is 14.5 Å². The minimum absolute atomic E-state index is 0.0825. The third-order valence-corrected chi connectivity index (χ3v) is 3.88. The minimum Gasteiger partial charge on any atom is -0.484 e. The summed E-state index contributed by atoms with van der Waals surface area (Å²) < 4.78 is 10.8. The summed E-state index contributed by atoms with van der Waals surface area (Å²) >= 11 is 0. The van der Waals surface area contributed by atoms with E-state index in [1.807, 2.05) is 50.2 Å². The smallest absolute Gasteiger partial charge is 0.336 e. The fourth-order valence-electron chi connectivity index (χ4n) is 2.61. The summed E-state index contributed by atoms with van der Waals surface area (Å²) in [5, 5.41) is 3.60. The predicted molar refractivity (Wildman–Crippen MR) is 101 cm³/mol. The van der Waals surface area contributed by atoms with Crippen molar-refractivity contribution in [3.05, 3.63) is 65.0 Å². The predicted octanol–water partition coefficient (Wildman–Crippen LogP) is 3.61. The number of ether oxygens (including phenoxy) is 1. The zero-order valence-electron chi connectivity index (χ0n) is 14.8. The lowest BCUT2D eigenvalue weighted by Gasteiger charge is -2.10. The van der Waals surface area contributed by atoms with Crippen molar-refractivity contribution in [2.75, 3.05) is 13.2 Å². The van der Waals surface area contributed by atoms with Gasteiger partial charge in [0.05, 0.1) is 0 Å². The van der Waals surface area contributed by atoms with Crippen molar-refractivity contribution in [2.24, 2.45) is 5.92 Å². The van der Waals surface area contributed by atoms with Crippen molar-refractivity contribution in [2.45, 2.75) is 13.8 Å². The molecule has 2 aromatic carbocycles. The normalized spacial score (nSPS) is 10.9. The van der Waals surface area contributed by atoms with Gasteiger partial charge in [0, 0.05) is 24.1 Å². The van der Waals surface area contributed by atoms with Crippen LogP contribution in [0.15, 0.2) is 63.8 Å². The van der Waals surface area contributed by atoms with Crippen molar-refractivity contribution < 1.29 is 13.9 Å². The lowest BCUT2D eigenvalue weighted by atomic mass is 10.0. The van der Waals surface area contributed by atoms with E-state index >= 15 is 0 Å². The van der Waals surface area contributed by atoms with Crippen LogP contribution in [-0.4, -0.2) is 19.1 Å². The zero-order chi connectivity index (χ0) is 18.5. The van der Waals surface area contributed by atoms with Crippen molar-refractivity contribution in [1.29, 1.82) is 0 Å². The summed E-state index contributed by atoms with van der Waals surface area (Å²) in [6.07, 6.45) is 0. The van der Waals surface area contributed by atoms with Crippen molar-refractivity contribution in [3.63, 3.8) is 0 Å². The molecule has 0 aliphatic carbocycles. The van der Waals surface area contributed by atoms with Crippen LogP contribution in [0.3, 0.4) is 0 Å². The van der Waals surface area contributed by atoms with Crippen molar-refractivity contribution in [3.8, 4) is 16.9 Å². The van der Waals surface area contributed by atoms with E-state index < -0.39 is 5.63 Å². The molecule has 26 heavy (non-hydrogen) atoms. The van der Waals surface area contributed by atoms with Crippen molar-refractivity contribution >= 4 is 16.9 Å². The lowest BCUT2D eigenvalue weighted by Crippen LogP contribution is -2.31. The molecule has 0 saturated heterocycles. The topological polar surface area (TPSA) is 68.5 Å². The van der Waals surface area contributed by atoms with E-state index in [1.165, 1.54) is 6.07 Å². The molecule has 5 heteroatoms. The van der Waals surface area contributed by atoms with Gasteiger partial charge in [-0.1, -0.05) is 44.2 Å². The Kier molecular flexibility index (Phi) is 5.37. The molecule has 0 aliphatic heterocycles. The first-order chi connectivity index (χ1) is 12.5. The quantitative estimate of drug-likeness (QED) is 0.689. The van der Waals surface area contributed by atoms with Gasteiger partial charge in [0.25, 0.3) is 5.91 Å². The van der Waals surface area contributed by atoms with E-state index in [2.05, 4.69) is 5.32 Å². The molecule has 1 amide bonds. The average Bonchev–Trinajstić information content (AvgIpc) is 2.64. The van der Waals surface area contributed by atoms with Gasteiger partial charge in [-0.15, -0.1) is 0 Å². The molecular formula is C21H21NO4. The molecule has 0 unspecified atom stereocenters. The van der Waals surface area contributed by atoms with E-state index in [4.69, 9.17) is 9.15 Å². The molecule has 1 N–H and O–H groups in total. The van der Waals surface area contributed by atoms with E-state index in [0.29, 0.717) is 23.8 Å². The Labute approximate surface area is 151 Å². The van der Waals surface area contributed by atoms with Crippen molar-refractivity contribution in [1.82, 2.24) is 5.32 Å². The number of fused-ring (bicyclic) bond motifs is 1. The number of carbonyl (C=O) groups is 1. The summed E-state index contributed by atoms with van der Waals surface area (Å²) in [6.45, 7) is 4.57. The van der Waals surface area contributed by atoms with Crippen LogP contribution in [0.2, 0.25) is 0 Å². The molecule has 1 aromatic heterocycles. The molecule has 3 rings (SSSR count). The number of hydrogen-bond acceptors (Lipinski definition) is 4. The second-order valence-corrected chi connectivity index (χ2v) is 6.49. The number of carbonyl (C=O) groups excluding carboxylic acids is 1. The molecule has 0 fully saturated rings. The molecule has 3 aromatic rings. The highest BCUT2D eigenvalue weighted by atomic mass is 16.5. The third kappa shape index (κ3) is 4.30. The maximum absolute atomic E-state index is 11.9. The fourth-order valence-corrected chi connectivity index (χ4v) is 2.61. The third-order valence-electron chi connectivity index (χ3n) is 3.88. The summed E-state index contributed by atoms with van der Waals surface area (Å²) in [4.78, 5) is 23.7. The lowest BCUT2D eigenvalue weighted by molar-refractivity contribution is -0.123. The molecule has 0 spiro atoms. The molecule has 134 valence electrons. The maximum Gasteiger partial charge on any atom is 0.336 e. The van der Waals surface area contributed by atoms with Crippen LogP contribution < -0.4 is 15.7 Å². The zero-order valence-corrected chi connectivity index (χ0v) is 14.8. The molecule has 0 aliphatic rings. The monoisotopic (exact) mass is 351 g/mol. The highest BCUT2D eigenvalue weighted by Gasteiger charge is 2.10. The molecule has 1 heterocycles. The first-order valence-corrected chi connectivity index (χ1v) is 8.56. The highest BCUT2D eigenvalue weighted by Crippen LogP contribution is 2.29. The van der Waals surface area contributed by atoms with Gasteiger partial charge in [-0.25, -0.2) is 4.79 Å². The van der Waals surface area contributed by atoms with E-state index in [9.17, 15) is 9.59 Å². The van der Waals surface area contributed by atoms with Gasteiger partial charge in [-0.05, 0) is 29.2 Å². The maximum atomic E-state index is 11.9. The van der Waals surface area contributed by atoms with Crippen LogP contribution >= 0.6 is 0 Å². The van der Waals surface area contributed by atoms with Crippen LogP contribution in [0, 0.1) is 5.92 Å². The van der Waals surface area contributed by atoms with Crippen LogP contribution in [0.1, 0.15) is 13.8 Å². The second-order valence-electron chi connectivity index (χ2n) is 6.49. The Morgan fingerprint density at radius 1 is 1.12 bits per heavy atom. The first kappa shape index (κ1) is 17.7. The van der Waals surface area contributed by atoms with Gasteiger partial charge in [-0.2, -0.15) is 0 Å². The van der Waals surface area contributed by atoms with Gasteiger partial charge in [-0.3, -0.25) is 4.79 Å². The highest BCUT2D eigenvalue weighted by molar-refractivity contribution is 5.93. The molecule has 5 nitrogen and oxygen atoms in total. The standard InChI is InChI=1S/C21H21NO4/c1-14(2)12-22-20(23)13-25-16-8-9-17-18(15-6-4-3-5-7-15)11-21(24)26-19(17)10-16/h3-11,14H,12-13H2,1-2H3,(H,22,23). The fraction of sp³-hybridized carbons (Fsp3) is 0.238. The molecule has 0 bridgehead atoms. The van der Waals surface area contributed by atoms with Gasteiger partial charge in [0.15, 0.2) is 6.61 Å². The molecule has 0 saturated carbocycles. The number of benzene rings is 2.